The number of hydrogen-bond acceptors (Lipinski definition) is 5. The van der Waals surface area contributed by atoms with Gasteiger partial charge in [-0.25, -0.2) is 13.1 Å². The number of ether oxygens (including phenoxy) is 2. The van der Waals surface area contributed by atoms with Gasteiger partial charge in [-0.1, -0.05) is 18.2 Å². The Labute approximate surface area is 173 Å². The summed E-state index contributed by atoms with van der Waals surface area (Å²) in [6.45, 7) is 7.90. The average molecular weight is 419 g/mol. The lowest BCUT2D eigenvalue weighted by Gasteiger charge is -2.28. The van der Waals surface area contributed by atoms with Crippen molar-refractivity contribution in [2.45, 2.75) is 31.6 Å². The molecule has 6 nitrogen and oxygen atoms in total. The largest absolute Gasteiger partial charge is 0.492 e. The van der Waals surface area contributed by atoms with Crippen molar-refractivity contribution in [2.75, 3.05) is 44.4 Å². The molecule has 0 unspecified atom stereocenters. The van der Waals surface area contributed by atoms with Crippen LogP contribution in [0.25, 0.3) is 0 Å². The lowest BCUT2D eigenvalue weighted by atomic mass is 10.1. The smallest absolute Gasteiger partial charge is 0.244 e. The lowest BCUT2D eigenvalue weighted by Crippen LogP contribution is -2.36. The first-order chi connectivity index (χ1) is 14.0. The van der Waals surface area contributed by atoms with Crippen molar-refractivity contribution < 1.29 is 17.9 Å². The number of rotatable bonds is 9. The van der Waals surface area contributed by atoms with Gasteiger partial charge in [-0.05, 0) is 62.1 Å². The summed E-state index contributed by atoms with van der Waals surface area (Å²) in [6, 6.07) is 13.7. The predicted molar refractivity (Wildman–Crippen MR) is 115 cm³/mol. The van der Waals surface area contributed by atoms with E-state index in [1.807, 2.05) is 19.9 Å². The summed E-state index contributed by atoms with van der Waals surface area (Å²) in [7, 11) is -3.60. The fraction of sp³-hybridized carbons (Fsp3) is 0.455. The Bertz CT molecular complexity index is 892. The summed E-state index contributed by atoms with van der Waals surface area (Å²) in [6.07, 6.45) is 1.55. The average Bonchev–Trinajstić information content (AvgIpc) is 2.74. The fourth-order valence-corrected chi connectivity index (χ4v) is 4.67. The molecule has 0 saturated carbocycles. The van der Waals surface area contributed by atoms with Crippen LogP contribution in [0.15, 0.2) is 47.4 Å². The molecule has 1 saturated heterocycles. The zero-order valence-corrected chi connectivity index (χ0v) is 18.0. The molecule has 158 valence electrons. The number of sulfonamides is 1. The van der Waals surface area contributed by atoms with Crippen LogP contribution in [0.5, 0.6) is 5.75 Å². The van der Waals surface area contributed by atoms with Crippen LogP contribution >= 0.6 is 0 Å². The van der Waals surface area contributed by atoms with Gasteiger partial charge in [0.1, 0.15) is 10.6 Å². The maximum atomic E-state index is 12.7. The first kappa shape index (κ1) is 21.6. The predicted octanol–water partition coefficient (Wildman–Crippen LogP) is 3.14. The van der Waals surface area contributed by atoms with E-state index >= 15 is 0 Å². The van der Waals surface area contributed by atoms with Gasteiger partial charge in [0, 0.05) is 25.3 Å². The summed E-state index contributed by atoms with van der Waals surface area (Å²) >= 11 is 0. The van der Waals surface area contributed by atoms with Crippen LogP contribution in [0, 0.1) is 6.92 Å². The minimum absolute atomic E-state index is 0.203. The van der Waals surface area contributed by atoms with E-state index in [2.05, 4.69) is 33.9 Å². The molecule has 0 atom stereocenters. The van der Waals surface area contributed by atoms with E-state index < -0.39 is 10.0 Å². The zero-order valence-electron chi connectivity index (χ0n) is 17.2. The van der Waals surface area contributed by atoms with Crippen LogP contribution < -0.4 is 14.4 Å². The standard InChI is InChI=1S/C22H30N2O4S/c1-3-28-21-11-6-18(2)17-22(21)29(25,26)23-12-4-5-19-7-9-20(10-8-19)24-13-15-27-16-14-24/h6-11,17,23H,3-5,12-16H2,1-2H3. The number of anilines is 1. The molecule has 0 spiro atoms. The van der Waals surface area contributed by atoms with E-state index in [4.69, 9.17) is 9.47 Å². The van der Waals surface area contributed by atoms with Crippen LogP contribution in [0.1, 0.15) is 24.5 Å². The van der Waals surface area contributed by atoms with Crippen molar-refractivity contribution in [3.63, 3.8) is 0 Å². The number of benzene rings is 2. The molecule has 29 heavy (non-hydrogen) atoms. The highest BCUT2D eigenvalue weighted by atomic mass is 32.2. The van der Waals surface area contributed by atoms with Gasteiger partial charge >= 0.3 is 0 Å². The molecule has 7 heteroatoms. The van der Waals surface area contributed by atoms with E-state index in [0.29, 0.717) is 18.9 Å². The van der Waals surface area contributed by atoms with Crippen LogP contribution in [0.3, 0.4) is 0 Å². The second-order valence-corrected chi connectivity index (χ2v) is 8.89. The van der Waals surface area contributed by atoms with Gasteiger partial charge in [0.05, 0.1) is 19.8 Å². The third kappa shape index (κ3) is 5.95. The second kappa shape index (κ2) is 10.1. The van der Waals surface area contributed by atoms with Gasteiger partial charge in [-0.15, -0.1) is 0 Å². The Kier molecular flexibility index (Phi) is 7.52. The van der Waals surface area contributed by atoms with Crippen LogP contribution in [0.4, 0.5) is 5.69 Å². The molecule has 0 aromatic heterocycles. The van der Waals surface area contributed by atoms with Gasteiger partial charge in [0.25, 0.3) is 0 Å². The van der Waals surface area contributed by atoms with E-state index in [9.17, 15) is 8.42 Å². The van der Waals surface area contributed by atoms with E-state index in [-0.39, 0.29) is 4.90 Å². The number of nitrogens with zero attached hydrogens (tertiary/aromatic N) is 1. The third-order valence-electron chi connectivity index (χ3n) is 4.94. The molecule has 1 aliphatic rings. The maximum absolute atomic E-state index is 12.7. The molecule has 2 aromatic carbocycles. The van der Waals surface area contributed by atoms with Crippen molar-refractivity contribution in [2.24, 2.45) is 0 Å². The molecule has 0 aliphatic carbocycles. The molecule has 1 aliphatic heterocycles. The monoisotopic (exact) mass is 418 g/mol. The number of aryl methyl sites for hydroxylation is 2. The zero-order chi connectivity index (χ0) is 20.7. The molecule has 0 radical (unpaired) electrons. The lowest BCUT2D eigenvalue weighted by molar-refractivity contribution is 0.122. The molecule has 1 N–H and O–H groups in total. The topological polar surface area (TPSA) is 67.9 Å². The van der Waals surface area contributed by atoms with Gasteiger partial charge in [0.2, 0.25) is 10.0 Å². The molecular weight excluding hydrogens is 388 g/mol. The summed E-state index contributed by atoms with van der Waals surface area (Å²) in [5.41, 5.74) is 3.29. The summed E-state index contributed by atoms with van der Waals surface area (Å²) in [4.78, 5) is 2.52. The van der Waals surface area contributed by atoms with Crippen molar-refractivity contribution in [3.05, 3.63) is 53.6 Å². The normalized spacial score (nSPS) is 14.8. The van der Waals surface area contributed by atoms with E-state index in [1.165, 1.54) is 11.3 Å². The number of morpholine rings is 1. The highest BCUT2D eigenvalue weighted by Gasteiger charge is 2.19. The Morgan fingerprint density at radius 2 is 1.83 bits per heavy atom. The van der Waals surface area contributed by atoms with Gasteiger partial charge < -0.3 is 14.4 Å². The Morgan fingerprint density at radius 1 is 1.10 bits per heavy atom. The Morgan fingerprint density at radius 3 is 2.52 bits per heavy atom. The molecule has 0 bridgehead atoms. The quantitative estimate of drug-likeness (QED) is 0.634. The third-order valence-corrected chi connectivity index (χ3v) is 6.42. The van der Waals surface area contributed by atoms with Crippen molar-refractivity contribution in [1.29, 1.82) is 0 Å². The van der Waals surface area contributed by atoms with Crippen LogP contribution in [-0.4, -0.2) is 47.9 Å². The van der Waals surface area contributed by atoms with Crippen LogP contribution in [-0.2, 0) is 21.2 Å². The van der Waals surface area contributed by atoms with E-state index in [0.717, 1.165) is 44.7 Å². The molecule has 0 amide bonds. The highest BCUT2D eigenvalue weighted by Crippen LogP contribution is 2.25. The maximum Gasteiger partial charge on any atom is 0.244 e. The Hall–Kier alpha value is -2.09. The minimum Gasteiger partial charge on any atom is -0.492 e. The molecule has 2 aromatic rings. The first-order valence-electron chi connectivity index (χ1n) is 10.1. The van der Waals surface area contributed by atoms with Crippen molar-refractivity contribution in [1.82, 2.24) is 4.72 Å². The summed E-state index contributed by atoms with van der Waals surface area (Å²) in [5.74, 6) is 0.393. The van der Waals surface area contributed by atoms with Gasteiger partial charge in [0.15, 0.2) is 0 Å². The van der Waals surface area contributed by atoms with Crippen molar-refractivity contribution >= 4 is 15.7 Å². The fourth-order valence-electron chi connectivity index (χ4n) is 3.37. The SMILES string of the molecule is CCOc1ccc(C)cc1S(=O)(=O)NCCCc1ccc(N2CCOCC2)cc1. The molecule has 1 fully saturated rings. The van der Waals surface area contributed by atoms with Crippen LogP contribution in [0.2, 0.25) is 0 Å². The minimum atomic E-state index is -3.60. The van der Waals surface area contributed by atoms with E-state index in [1.54, 1.807) is 12.1 Å². The molecular formula is C22H30N2O4S. The first-order valence-corrected chi connectivity index (χ1v) is 11.6. The number of hydrogen-bond donors (Lipinski definition) is 1. The van der Waals surface area contributed by atoms with Gasteiger partial charge in [-0.3, -0.25) is 0 Å². The molecule has 1 heterocycles. The molecule has 3 rings (SSSR count). The second-order valence-electron chi connectivity index (χ2n) is 7.15. The Balaban J connectivity index is 1.52. The summed E-state index contributed by atoms with van der Waals surface area (Å²) in [5, 5.41) is 0. The number of nitrogens with one attached hydrogen (secondary N) is 1. The highest BCUT2D eigenvalue weighted by molar-refractivity contribution is 7.89. The van der Waals surface area contributed by atoms with Crippen molar-refractivity contribution in [3.8, 4) is 5.75 Å². The summed E-state index contributed by atoms with van der Waals surface area (Å²) < 4.78 is 39.0. The van der Waals surface area contributed by atoms with Gasteiger partial charge in [-0.2, -0.15) is 0 Å².